The van der Waals surface area contributed by atoms with Crippen molar-refractivity contribution in [2.24, 2.45) is 5.92 Å². The first-order valence-corrected chi connectivity index (χ1v) is 6.55. The molecule has 0 saturated carbocycles. The van der Waals surface area contributed by atoms with Crippen molar-refractivity contribution in [2.75, 3.05) is 20.2 Å². The number of aryl methyl sites for hydroxylation is 2. The molecule has 0 bridgehead atoms. The topological polar surface area (TPSA) is 21.3 Å². The third-order valence-corrected chi connectivity index (χ3v) is 3.86. The predicted molar refractivity (Wildman–Crippen MR) is 71.8 cm³/mol. The zero-order valence-corrected chi connectivity index (χ0v) is 11.2. The molecule has 0 amide bonds. The lowest BCUT2D eigenvalue weighted by Gasteiger charge is -2.24. The Kier molecular flexibility index (Phi) is 4.06. The molecule has 2 rings (SSSR count). The summed E-state index contributed by atoms with van der Waals surface area (Å²) in [5.74, 6) is 1.83. The fourth-order valence-corrected chi connectivity index (χ4v) is 2.77. The van der Waals surface area contributed by atoms with Gasteiger partial charge in [0.1, 0.15) is 5.75 Å². The van der Waals surface area contributed by atoms with Crippen LogP contribution in [0, 0.1) is 19.8 Å². The highest BCUT2D eigenvalue weighted by Gasteiger charge is 2.16. The second kappa shape index (κ2) is 5.54. The van der Waals surface area contributed by atoms with E-state index >= 15 is 0 Å². The molecule has 2 heteroatoms. The van der Waals surface area contributed by atoms with Crippen LogP contribution < -0.4 is 10.1 Å². The molecule has 0 spiro atoms. The molecule has 0 radical (unpaired) electrons. The highest BCUT2D eigenvalue weighted by molar-refractivity contribution is 5.41. The normalized spacial score (nSPS) is 17.1. The van der Waals surface area contributed by atoms with Crippen LogP contribution in [0.2, 0.25) is 0 Å². The van der Waals surface area contributed by atoms with Crippen LogP contribution in [0.15, 0.2) is 12.1 Å². The summed E-state index contributed by atoms with van der Waals surface area (Å²) >= 11 is 0. The molecule has 1 fully saturated rings. The van der Waals surface area contributed by atoms with Gasteiger partial charge in [-0.1, -0.05) is 0 Å². The number of nitrogens with one attached hydrogen (secondary N) is 1. The molecule has 94 valence electrons. The van der Waals surface area contributed by atoms with Crippen LogP contribution >= 0.6 is 0 Å². The maximum atomic E-state index is 5.31. The first kappa shape index (κ1) is 12.4. The van der Waals surface area contributed by atoms with Crippen molar-refractivity contribution >= 4 is 0 Å². The molecule has 1 aliphatic heterocycles. The van der Waals surface area contributed by atoms with E-state index in [-0.39, 0.29) is 0 Å². The van der Waals surface area contributed by atoms with E-state index in [1.54, 1.807) is 7.11 Å². The Morgan fingerprint density at radius 3 is 2.29 bits per heavy atom. The number of methoxy groups -OCH3 is 1. The van der Waals surface area contributed by atoms with Crippen LogP contribution in [0.5, 0.6) is 5.75 Å². The van der Waals surface area contributed by atoms with Crippen molar-refractivity contribution in [3.05, 3.63) is 28.8 Å². The molecular weight excluding hydrogens is 210 g/mol. The van der Waals surface area contributed by atoms with Crippen LogP contribution in [-0.2, 0) is 6.42 Å². The Morgan fingerprint density at radius 1 is 1.18 bits per heavy atom. The average molecular weight is 233 g/mol. The molecule has 1 N–H and O–H groups in total. The molecule has 1 aromatic carbocycles. The summed E-state index contributed by atoms with van der Waals surface area (Å²) in [6, 6.07) is 4.31. The number of benzene rings is 1. The van der Waals surface area contributed by atoms with Crippen LogP contribution in [0.4, 0.5) is 0 Å². The third-order valence-electron chi connectivity index (χ3n) is 3.86. The van der Waals surface area contributed by atoms with Crippen molar-refractivity contribution in [1.82, 2.24) is 5.32 Å². The Bertz CT molecular complexity index is 358. The van der Waals surface area contributed by atoms with E-state index in [1.165, 1.54) is 49.0 Å². The summed E-state index contributed by atoms with van der Waals surface area (Å²) in [5, 5.41) is 3.43. The first-order valence-electron chi connectivity index (χ1n) is 6.55. The SMILES string of the molecule is COc1cc(C)c(CC2CCNCC2)c(C)c1. The fraction of sp³-hybridized carbons (Fsp3) is 0.600. The van der Waals surface area contributed by atoms with Gasteiger partial charge in [0, 0.05) is 0 Å². The fourth-order valence-electron chi connectivity index (χ4n) is 2.77. The molecule has 1 aliphatic rings. The summed E-state index contributed by atoms with van der Waals surface area (Å²) < 4.78 is 5.31. The first-order chi connectivity index (χ1) is 8.20. The molecule has 1 aromatic rings. The monoisotopic (exact) mass is 233 g/mol. The molecule has 0 atom stereocenters. The smallest absolute Gasteiger partial charge is 0.119 e. The molecule has 1 heterocycles. The van der Waals surface area contributed by atoms with Crippen LogP contribution in [0.1, 0.15) is 29.5 Å². The largest absolute Gasteiger partial charge is 0.497 e. The molecule has 2 nitrogen and oxygen atoms in total. The number of hydrogen-bond acceptors (Lipinski definition) is 2. The highest BCUT2D eigenvalue weighted by Crippen LogP contribution is 2.26. The van der Waals surface area contributed by atoms with Crippen molar-refractivity contribution in [2.45, 2.75) is 33.1 Å². The van der Waals surface area contributed by atoms with Crippen LogP contribution in [0.25, 0.3) is 0 Å². The van der Waals surface area contributed by atoms with Gasteiger partial charge in [0.2, 0.25) is 0 Å². The highest BCUT2D eigenvalue weighted by atomic mass is 16.5. The zero-order valence-electron chi connectivity index (χ0n) is 11.2. The van der Waals surface area contributed by atoms with E-state index in [2.05, 4.69) is 31.3 Å². The van der Waals surface area contributed by atoms with Gasteiger partial charge in [0.15, 0.2) is 0 Å². The van der Waals surface area contributed by atoms with E-state index in [0.717, 1.165) is 11.7 Å². The Hall–Kier alpha value is -1.02. The summed E-state index contributed by atoms with van der Waals surface area (Å²) in [6.07, 6.45) is 3.85. The van der Waals surface area contributed by atoms with Crippen molar-refractivity contribution in [3.8, 4) is 5.75 Å². The maximum absolute atomic E-state index is 5.31. The Balaban J connectivity index is 2.14. The minimum absolute atomic E-state index is 0.849. The van der Waals surface area contributed by atoms with Gasteiger partial charge in [-0.2, -0.15) is 0 Å². The maximum Gasteiger partial charge on any atom is 0.119 e. The van der Waals surface area contributed by atoms with Gasteiger partial charge < -0.3 is 10.1 Å². The van der Waals surface area contributed by atoms with Gasteiger partial charge in [0.05, 0.1) is 7.11 Å². The standard InChI is InChI=1S/C15H23NO/c1-11-8-14(17-3)9-12(2)15(11)10-13-4-6-16-7-5-13/h8-9,13,16H,4-7,10H2,1-3H3. The van der Waals surface area contributed by atoms with Crippen molar-refractivity contribution in [1.29, 1.82) is 0 Å². The van der Waals surface area contributed by atoms with Crippen LogP contribution in [0.3, 0.4) is 0 Å². The zero-order chi connectivity index (χ0) is 12.3. The number of piperidine rings is 1. The Labute approximate surface area is 104 Å². The minimum atomic E-state index is 0.849. The summed E-state index contributed by atoms with van der Waals surface area (Å²) in [5.41, 5.74) is 4.28. The summed E-state index contributed by atoms with van der Waals surface area (Å²) in [6.45, 7) is 6.76. The van der Waals surface area contributed by atoms with E-state index in [4.69, 9.17) is 4.74 Å². The van der Waals surface area contributed by atoms with Gasteiger partial charge in [-0.05, 0) is 80.9 Å². The second-order valence-electron chi connectivity index (χ2n) is 5.14. The van der Waals surface area contributed by atoms with E-state index in [0.29, 0.717) is 0 Å². The molecule has 1 saturated heterocycles. The molecule has 0 aliphatic carbocycles. The van der Waals surface area contributed by atoms with E-state index in [9.17, 15) is 0 Å². The van der Waals surface area contributed by atoms with Gasteiger partial charge >= 0.3 is 0 Å². The number of hydrogen-bond donors (Lipinski definition) is 1. The lowest BCUT2D eigenvalue weighted by molar-refractivity contribution is 0.371. The van der Waals surface area contributed by atoms with E-state index < -0.39 is 0 Å². The predicted octanol–water partition coefficient (Wildman–Crippen LogP) is 2.85. The Morgan fingerprint density at radius 2 is 1.76 bits per heavy atom. The summed E-state index contributed by atoms with van der Waals surface area (Å²) in [4.78, 5) is 0. The average Bonchev–Trinajstić information content (AvgIpc) is 2.35. The van der Waals surface area contributed by atoms with Gasteiger partial charge in [-0.3, -0.25) is 0 Å². The lowest BCUT2D eigenvalue weighted by atomic mass is 9.87. The van der Waals surface area contributed by atoms with Gasteiger partial charge in [-0.25, -0.2) is 0 Å². The lowest BCUT2D eigenvalue weighted by Crippen LogP contribution is -2.28. The van der Waals surface area contributed by atoms with Gasteiger partial charge in [0.25, 0.3) is 0 Å². The molecular formula is C15H23NO. The quantitative estimate of drug-likeness (QED) is 0.867. The second-order valence-corrected chi connectivity index (χ2v) is 5.14. The minimum Gasteiger partial charge on any atom is -0.497 e. The van der Waals surface area contributed by atoms with Crippen molar-refractivity contribution < 1.29 is 4.74 Å². The molecule has 0 unspecified atom stereocenters. The number of rotatable bonds is 3. The van der Waals surface area contributed by atoms with Crippen molar-refractivity contribution in [3.63, 3.8) is 0 Å². The summed E-state index contributed by atoms with van der Waals surface area (Å²) in [7, 11) is 1.74. The van der Waals surface area contributed by atoms with E-state index in [1.807, 2.05) is 0 Å². The molecule has 17 heavy (non-hydrogen) atoms. The van der Waals surface area contributed by atoms with Gasteiger partial charge in [-0.15, -0.1) is 0 Å². The molecule has 0 aromatic heterocycles. The third kappa shape index (κ3) is 3.01. The number of ether oxygens (including phenoxy) is 1. The van der Waals surface area contributed by atoms with Crippen LogP contribution in [-0.4, -0.2) is 20.2 Å².